The van der Waals surface area contributed by atoms with Crippen LogP contribution in [0.2, 0.25) is 0 Å². The van der Waals surface area contributed by atoms with E-state index < -0.39 is 11.7 Å². The molecule has 1 aliphatic heterocycles. The minimum absolute atomic E-state index is 0.0445. The Kier molecular flexibility index (Phi) is 4.50. The Bertz CT molecular complexity index is 508. The van der Waals surface area contributed by atoms with Crippen molar-refractivity contribution >= 4 is 12.0 Å². The third-order valence-electron chi connectivity index (χ3n) is 3.24. The molecule has 0 radical (unpaired) electrons. The van der Waals surface area contributed by atoms with Crippen LogP contribution in [0, 0.1) is 0 Å². The maximum atomic E-state index is 11.8. The molecule has 0 aliphatic carbocycles. The third-order valence-corrected chi connectivity index (χ3v) is 3.24. The number of alkyl carbamates (subject to hydrolysis) is 1. The molecule has 1 aromatic rings. The second kappa shape index (κ2) is 6.16. The van der Waals surface area contributed by atoms with Gasteiger partial charge in [-0.2, -0.15) is 0 Å². The summed E-state index contributed by atoms with van der Waals surface area (Å²) in [5, 5.41) is 5.70. The van der Waals surface area contributed by atoms with Crippen LogP contribution in [0.3, 0.4) is 0 Å². The molecule has 0 spiro atoms. The molecule has 1 aromatic carbocycles. The van der Waals surface area contributed by atoms with Crippen molar-refractivity contribution in [3.63, 3.8) is 0 Å². The SMILES string of the molecule is CC(C)(C)OC(=O)N[C@H]1CC(=O)NC1Cc1ccccc1. The monoisotopic (exact) mass is 290 g/mol. The van der Waals surface area contributed by atoms with Gasteiger partial charge in [0.25, 0.3) is 0 Å². The topological polar surface area (TPSA) is 67.4 Å². The molecule has 0 aromatic heterocycles. The zero-order chi connectivity index (χ0) is 15.5. The summed E-state index contributed by atoms with van der Waals surface area (Å²) in [4.78, 5) is 23.5. The Morgan fingerprint density at radius 2 is 2.00 bits per heavy atom. The summed E-state index contributed by atoms with van der Waals surface area (Å²) >= 11 is 0. The first-order valence-electron chi connectivity index (χ1n) is 7.16. The number of rotatable bonds is 3. The molecule has 5 nitrogen and oxygen atoms in total. The van der Waals surface area contributed by atoms with E-state index in [2.05, 4.69) is 10.6 Å². The van der Waals surface area contributed by atoms with Gasteiger partial charge in [0.15, 0.2) is 0 Å². The Labute approximate surface area is 125 Å². The minimum atomic E-state index is -0.547. The van der Waals surface area contributed by atoms with Crippen molar-refractivity contribution in [3.8, 4) is 0 Å². The zero-order valence-electron chi connectivity index (χ0n) is 12.7. The number of hydrogen-bond donors (Lipinski definition) is 2. The fourth-order valence-corrected chi connectivity index (χ4v) is 2.38. The number of carbonyl (C=O) groups is 2. The van der Waals surface area contributed by atoms with Crippen molar-refractivity contribution < 1.29 is 14.3 Å². The zero-order valence-corrected chi connectivity index (χ0v) is 12.7. The van der Waals surface area contributed by atoms with Gasteiger partial charge in [-0.05, 0) is 32.8 Å². The number of carbonyl (C=O) groups excluding carboxylic acids is 2. The summed E-state index contributed by atoms with van der Waals surface area (Å²) in [5.74, 6) is -0.0445. The van der Waals surface area contributed by atoms with Gasteiger partial charge in [0.05, 0.1) is 12.1 Å². The molecule has 1 fully saturated rings. The van der Waals surface area contributed by atoms with E-state index >= 15 is 0 Å². The van der Waals surface area contributed by atoms with E-state index in [4.69, 9.17) is 4.74 Å². The van der Waals surface area contributed by atoms with Gasteiger partial charge >= 0.3 is 6.09 Å². The Hall–Kier alpha value is -2.04. The van der Waals surface area contributed by atoms with Crippen molar-refractivity contribution in [2.45, 2.75) is 51.3 Å². The molecule has 1 saturated heterocycles. The van der Waals surface area contributed by atoms with Gasteiger partial charge in [0.1, 0.15) is 5.60 Å². The van der Waals surface area contributed by atoms with Crippen molar-refractivity contribution in [1.29, 1.82) is 0 Å². The van der Waals surface area contributed by atoms with Gasteiger partial charge in [-0.3, -0.25) is 4.79 Å². The van der Waals surface area contributed by atoms with E-state index in [0.717, 1.165) is 5.56 Å². The first-order valence-corrected chi connectivity index (χ1v) is 7.16. The fourth-order valence-electron chi connectivity index (χ4n) is 2.38. The van der Waals surface area contributed by atoms with Crippen LogP contribution in [0.25, 0.3) is 0 Å². The standard InChI is InChI=1S/C16H22N2O3/c1-16(2,3)21-15(20)18-13-10-14(19)17-12(13)9-11-7-5-4-6-8-11/h4-8,12-13H,9-10H2,1-3H3,(H,17,19)(H,18,20)/t12?,13-/m0/s1. The van der Waals surface area contributed by atoms with Crippen molar-refractivity contribution in [3.05, 3.63) is 35.9 Å². The van der Waals surface area contributed by atoms with Crippen molar-refractivity contribution in [2.75, 3.05) is 0 Å². The van der Waals surface area contributed by atoms with Gasteiger partial charge in [-0.15, -0.1) is 0 Å². The highest BCUT2D eigenvalue weighted by atomic mass is 16.6. The molecule has 0 saturated carbocycles. The molecule has 21 heavy (non-hydrogen) atoms. The van der Waals surface area contributed by atoms with Gasteiger partial charge in [0, 0.05) is 6.42 Å². The van der Waals surface area contributed by atoms with Crippen LogP contribution in [0.4, 0.5) is 4.79 Å². The highest BCUT2D eigenvalue weighted by Gasteiger charge is 2.34. The predicted octanol–water partition coefficient (Wildman–Crippen LogP) is 2.01. The maximum Gasteiger partial charge on any atom is 0.407 e. The highest BCUT2D eigenvalue weighted by molar-refractivity contribution is 5.81. The Balaban J connectivity index is 1.97. The molecular formula is C16H22N2O3. The predicted molar refractivity (Wildman–Crippen MR) is 79.9 cm³/mol. The van der Waals surface area contributed by atoms with Gasteiger partial charge in [0.2, 0.25) is 5.91 Å². The van der Waals surface area contributed by atoms with Gasteiger partial charge in [-0.25, -0.2) is 4.79 Å². The Morgan fingerprint density at radius 3 is 2.62 bits per heavy atom. The summed E-state index contributed by atoms with van der Waals surface area (Å²) < 4.78 is 5.24. The summed E-state index contributed by atoms with van der Waals surface area (Å²) in [6.07, 6.45) is 0.492. The molecule has 2 rings (SSSR count). The summed E-state index contributed by atoms with van der Waals surface area (Å²) in [6, 6.07) is 9.54. The average Bonchev–Trinajstić information content (AvgIpc) is 2.68. The van der Waals surface area contributed by atoms with Crippen LogP contribution in [0.1, 0.15) is 32.8 Å². The lowest BCUT2D eigenvalue weighted by atomic mass is 10.0. The minimum Gasteiger partial charge on any atom is -0.444 e. The van der Waals surface area contributed by atoms with Crippen LogP contribution >= 0.6 is 0 Å². The molecule has 1 unspecified atom stereocenters. The van der Waals surface area contributed by atoms with E-state index in [1.54, 1.807) is 0 Å². The van der Waals surface area contributed by atoms with E-state index in [0.29, 0.717) is 6.42 Å². The van der Waals surface area contributed by atoms with Gasteiger partial charge < -0.3 is 15.4 Å². The summed E-state index contributed by atoms with van der Waals surface area (Å²) in [6.45, 7) is 5.43. The quantitative estimate of drug-likeness (QED) is 0.895. The molecule has 2 amide bonds. The lowest BCUT2D eigenvalue weighted by Crippen LogP contribution is -2.46. The maximum absolute atomic E-state index is 11.8. The molecular weight excluding hydrogens is 268 g/mol. The number of benzene rings is 1. The van der Waals surface area contributed by atoms with Gasteiger partial charge in [-0.1, -0.05) is 30.3 Å². The molecule has 1 aliphatic rings. The Morgan fingerprint density at radius 1 is 1.33 bits per heavy atom. The molecule has 1 heterocycles. The van der Waals surface area contributed by atoms with Crippen LogP contribution < -0.4 is 10.6 Å². The highest BCUT2D eigenvalue weighted by Crippen LogP contribution is 2.15. The third kappa shape index (κ3) is 4.77. The molecule has 2 N–H and O–H groups in total. The van der Waals surface area contributed by atoms with Crippen molar-refractivity contribution in [2.24, 2.45) is 0 Å². The van der Waals surface area contributed by atoms with E-state index in [1.807, 2.05) is 51.1 Å². The first kappa shape index (κ1) is 15.4. The number of hydrogen-bond acceptors (Lipinski definition) is 3. The average molecular weight is 290 g/mol. The lowest BCUT2D eigenvalue weighted by Gasteiger charge is -2.24. The first-order chi connectivity index (χ1) is 9.83. The number of amides is 2. The van der Waals surface area contributed by atoms with Crippen LogP contribution in [0.15, 0.2) is 30.3 Å². The lowest BCUT2D eigenvalue weighted by molar-refractivity contribution is -0.119. The molecule has 114 valence electrons. The normalized spacial score (nSPS) is 21.8. The van der Waals surface area contributed by atoms with Crippen LogP contribution in [-0.4, -0.2) is 29.7 Å². The van der Waals surface area contributed by atoms with E-state index in [9.17, 15) is 9.59 Å². The molecule has 0 bridgehead atoms. The number of nitrogens with one attached hydrogen (secondary N) is 2. The number of ether oxygens (including phenoxy) is 1. The summed E-state index contributed by atoms with van der Waals surface area (Å²) in [7, 11) is 0. The summed E-state index contributed by atoms with van der Waals surface area (Å²) in [5.41, 5.74) is 0.579. The van der Waals surface area contributed by atoms with Crippen LogP contribution in [-0.2, 0) is 16.0 Å². The largest absolute Gasteiger partial charge is 0.444 e. The van der Waals surface area contributed by atoms with Crippen LogP contribution in [0.5, 0.6) is 0 Å². The smallest absolute Gasteiger partial charge is 0.407 e. The molecule has 5 heteroatoms. The van der Waals surface area contributed by atoms with Crippen molar-refractivity contribution in [1.82, 2.24) is 10.6 Å². The van der Waals surface area contributed by atoms with E-state index in [-0.39, 0.29) is 24.4 Å². The second-order valence-corrected chi connectivity index (χ2v) is 6.32. The fraction of sp³-hybridized carbons (Fsp3) is 0.500. The second-order valence-electron chi connectivity index (χ2n) is 6.32. The molecule has 2 atom stereocenters. The van der Waals surface area contributed by atoms with E-state index in [1.165, 1.54) is 0 Å².